The van der Waals surface area contributed by atoms with Crippen molar-refractivity contribution < 1.29 is 8.42 Å². The fourth-order valence-corrected chi connectivity index (χ4v) is 3.49. The van der Waals surface area contributed by atoms with Gasteiger partial charge >= 0.3 is 0 Å². The zero-order valence-electron chi connectivity index (χ0n) is 10.8. The first-order chi connectivity index (χ1) is 9.54. The zero-order chi connectivity index (χ0) is 14.2. The fourth-order valence-electron chi connectivity index (χ4n) is 2.26. The fraction of sp³-hybridized carbons (Fsp3) is 0.0667. The van der Waals surface area contributed by atoms with Gasteiger partial charge in [-0.25, -0.2) is 8.42 Å². The molecular formula is C15H13NO2S2. The van der Waals surface area contributed by atoms with Gasteiger partial charge in [0.1, 0.15) is 0 Å². The molecule has 3 rings (SSSR count). The molecule has 0 amide bonds. The molecule has 5 heteroatoms. The second-order valence-electron chi connectivity index (χ2n) is 4.59. The standard InChI is InChI=1S/C15H13NO2S2/c1-20(17,18)16-15-7-6-12(11-8-9-19-10-11)13-4-2-3-5-14(13)15/h2-10,16H,1H3. The van der Waals surface area contributed by atoms with E-state index in [4.69, 9.17) is 0 Å². The number of hydrogen-bond acceptors (Lipinski definition) is 3. The third-order valence-electron chi connectivity index (χ3n) is 3.05. The van der Waals surface area contributed by atoms with Gasteiger partial charge in [-0.3, -0.25) is 4.72 Å². The molecule has 0 atom stereocenters. The Morgan fingerprint density at radius 3 is 2.40 bits per heavy atom. The average Bonchev–Trinajstić information content (AvgIpc) is 2.91. The third-order valence-corrected chi connectivity index (χ3v) is 4.33. The van der Waals surface area contributed by atoms with Gasteiger partial charge in [-0.2, -0.15) is 11.3 Å². The van der Waals surface area contributed by atoms with Crippen molar-refractivity contribution in [2.45, 2.75) is 0 Å². The Morgan fingerprint density at radius 1 is 1.00 bits per heavy atom. The van der Waals surface area contributed by atoms with Gasteiger partial charge in [0.15, 0.2) is 0 Å². The molecule has 20 heavy (non-hydrogen) atoms. The maximum absolute atomic E-state index is 11.4. The van der Waals surface area contributed by atoms with Crippen LogP contribution in [-0.4, -0.2) is 14.7 Å². The van der Waals surface area contributed by atoms with Gasteiger partial charge < -0.3 is 0 Å². The minimum Gasteiger partial charge on any atom is -0.283 e. The summed E-state index contributed by atoms with van der Waals surface area (Å²) in [6.45, 7) is 0. The Balaban J connectivity index is 2.25. The molecule has 0 saturated heterocycles. The summed E-state index contributed by atoms with van der Waals surface area (Å²) >= 11 is 1.65. The Bertz CT molecular complexity index is 853. The van der Waals surface area contributed by atoms with Gasteiger partial charge in [0.2, 0.25) is 10.0 Å². The molecule has 0 saturated carbocycles. The van der Waals surface area contributed by atoms with Crippen LogP contribution in [0.3, 0.4) is 0 Å². The average molecular weight is 303 g/mol. The van der Waals surface area contributed by atoms with Crippen molar-refractivity contribution in [3.8, 4) is 11.1 Å². The second-order valence-corrected chi connectivity index (χ2v) is 7.12. The Labute approximate surface area is 121 Å². The number of sulfonamides is 1. The molecule has 3 aromatic rings. The topological polar surface area (TPSA) is 46.2 Å². The van der Waals surface area contributed by atoms with E-state index in [9.17, 15) is 8.42 Å². The number of nitrogens with one attached hydrogen (secondary N) is 1. The van der Waals surface area contributed by atoms with E-state index in [1.54, 1.807) is 11.3 Å². The lowest BCUT2D eigenvalue weighted by molar-refractivity contribution is 0.607. The molecule has 0 aliphatic heterocycles. The van der Waals surface area contributed by atoms with Crippen molar-refractivity contribution in [3.05, 3.63) is 53.2 Å². The predicted molar refractivity (Wildman–Crippen MR) is 85.7 cm³/mol. The molecule has 1 aromatic heterocycles. The lowest BCUT2D eigenvalue weighted by Crippen LogP contribution is -2.09. The van der Waals surface area contributed by atoms with Crippen LogP contribution in [0, 0.1) is 0 Å². The van der Waals surface area contributed by atoms with Crippen LogP contribution in [0.4, 0.5) is 5.69 Å². The van der Waals surface area contributed by atoms with Crippen molar-refractivity contribution in [3.63, 3.8) is 0 Å². The summed E-state index contributed by atoms with van der Waals surface area (Å²) in [6, 6.07) is 13.6. The monoisotopic (exact) mass is 303 g/mol. The highest BCUT2D eigenvalue weighted by molar-refractivity contribution is 7.92. The Hall–Kier alpha value is -1.85. The van der Waals surface area contributed by atoms with E-state index in [-0.39, 0.29) is 0 Å². The lowest BCUT2D eigenvalue weighted by atomic mass is 9.99. The summed E-state index contributed by atoms with van der Waals surface area (Å²) in [5.41, 5.74) is 2.88. The molecule has 2 aromatic carbocycles. The van der Waals surface area contributed by atoms with E-state index in [1.807, 2.05) is 41.8 Å². The normalized spacial score (nSPS) is 11.7. The summed E-state index contributed by atoms with van der Waals surface area (Å²) in [6.07, 6.45) is 1.16. The van der Waals surface area contributed by atoms with E-state index in [1.165, 1.54) is 0 Å². The number of benzene rings is 2. The van der Waals surface area contributed by atoms with E-state index < -0.39 is 10.0 Å². The van der Waals surface area contributed by atoms with Crippen molar-refractivity contribution >= 4 is 37.8 Å². The number of hydrogen-bond donors (Lipinski definition) is 1. The number of rotatable bonds is 3. The Morgan fingerprint density at radius 2 is 1.75 bits per heavy atom. The van der Waals surface area contributed by atoms with Gasteiger partial charge in [-0.15, -0.1) is 0 Å². The molecular weight excluding hydrogens is 290 g/mol. The second kappa shape index (κ2) is 4.92. The largest absolute Gasteiger partial charge is 0.283 e. The Kier molecular flexibility index (Phi) is 3.23. The molecule has 3 nitrogen and oxygen atoms in total. The number of fused-ring (bicyclic) bond motifs is 1. The highest BCUT2D eigenvalue weighted by Gasteiger charge is 2.10. The molecule has 0 aliphatic carbocycles. The first-order valence-electron chi connectivity index (χ1n) is 6.07. The summed E-state index contributed by atoms with van der Waals surface area (Å²) in [5.74, 6) is 0. The number of anilines is 1. The minimum atomic E-state index is -3.28. The van der Waals surface area contributed by atoms with Crippen LogP contribution in [0.5, 0.6) is 0 Å². The summed E-state index contributed by atoms with van der Waals surface area (Å²) in [4.78, 5) is 0. The van der Waals surface area contributed by atoms with Crippen LogP contribution in [0.1, 0.15) is 0 Å². The van der Waals surface area contributed by atoms with Gasteiger partial charge in [0.05, 0.1) is 11.9 Å². The van der Waals surface area contributed by atoms with E-state index in [0.717, 1.165) is 28.2 Å². The van der Waals surface area contributed by atoms with Gasteiger partial charge in [0.25, 0.3) is 0 Å². The van der Waals surface area contributed by atoms with Gasteiger partial charge in [0, 0.05) is 5.39 Å². The summed E-state index contributed by atoms with van der Waals surface area (Å²) < 4.78 is 25.5. The number of thiophene rings is 1. The molecule has 1 N–H and O–H groups in total. The summed E-state index contributed by atoms with van der Waals surface area (Å²) in [7, 11) is -3.28. The smallest absolute Gasteiger partial charge is 0.229 e. The van der Waals surface area contributed by atoms with Crippen LogP contribution in [-0.2, 0) is 10.0 Å². The highest BCUT2D eigenvalue weighted by atomic mass is 32.2. The van der Waals surface area contributed by atoms with Crippen LogP contribution < -0.4 is 4.72 Å². The molecule has 0 bridgehead atoms. The van der Waals surface area contributed by atoms with E-state index in [0.29, 0.717) is 5.69 Å². The van der Waals surface area contributed by atoms with Crippen molar-refractivity contribution in [1.82, 2.24) is 0 Å². The molecule has 0 aliphatic rings. The maximum Gasteiger partial charge on any atom is 0.229 e. The van der Waals surface area contributed by atoms with Gasteiger partial charge in [-0.05, 0) is 39.4 Å². The van der Waals surface area contributed by atoms with E-state index >= 15 is 0 Å². The lowest BCUT2D eigenvalue weighted by Gasteiger charge is -2.11. The van der Waals surface area contributed by atoms with Crippen molar-refractivity contribution in [2.75, 3.05) is 11.0 Å². The van der Waals surface area contributed by atoms with Crippen LogP contribution >= 0.6 is 11.3 Å². The van der Waals surface area contributed by atoms with E-state index in [2.05, 4.69) is 16.2 Å². The van der Waals surface area contributed by atoms with Gasteiger partial charge in [-0.1, -0.05) is 30.3 Å². The SMILES string of the molecule is CS(=O)(=O)Nc1ccc(-c2ccsc2)c2ccccc12. The third kappa shape index (κ3) is 2.55. The van der Waals surface area contributed by atoms with Crippen LogP contribution in [0.2, 0.25) is 0 Å². The minimum absolute atomic E-state index is 0.613. The molecule has 102 valence electrons. The van der Waals surface area contributed by atoms with Crippen molar-refractivity contribution in [1.29, 1.82) is 0 Å². The predicted octanol–water partition coefficient (Wildman–Crippen LogP) is 3.94. The quantitative estimate of drug-likeness (QED) is 0.796. The summed E-state index contributed by atoms with van der Waals surface area (Å²) in [5, 5.41) is 6.07. The van der Waals surface area contributed by atoms with Crippen LogP contribution in [0.25, 0.3) is 21.9 Å². The first-order valence-corrected chi connectivity index (χ1v) is 8.90. The van der Waals surface area contributed by atoms with Crippen molar-refractivity contribution in [2.24, 2.45) is 0 Å². The molecule has 0 radical (unpaired) electrons. The highest BCUT2D eigenvalue weighted by Crippen LogP contribution is 2.34. The molecule has 0 fully saturated rings. The molecule has 0 spiro atoms. The zero-order valence-corrected chi connectivity index (χ0v) is 12.5. The molecule has 1 heterocycles. The first kappa shape index (κ1) is 13.1. The maximum atomic E-state index is 11.4. The van der Waals surface area contributed by atoms with Crippen LogP contribution in [0.15, 0.2) is 53.2 Å². The molecule has 0 unspecified atom stereocenters.